The minimum atomic E-state index is 0.369. The van der Waals surface area contributed by atoms with Gasteiger partial charge in [0.1, 0.15) is 5.76 Å². The van der Waals surface area contributed by atoms with E-state index in [0.29, 0.717) is 18.1 Å². The van der Waals surface area contributed by atoms with E-state index >= 15 is 0 Å². The van der Waals surface area contributed by atoms with Gasteiger partial charge < -0.3 is 14.0 Å². The van der Waals surface area contributed by atoms with E-state index in [1.54, 1.807) is 7.11 Å². The van der Waals surface area contributed by atoms with Crippen LogP contribution >= 0.6 is 0 Å². The molecule has 0 radical (unpaired) electrons. The lowest BCUT2D eigenvalue weighted by Gasteiger charge is -2.41. The molecule has 3 heterocycles. The molecule has 0 aromatic carbocycles. The van der Waals surface area contributed by atoms with E-state index in [1.807, 2.05) is 21.0 Å². The molecule has 2 aliphatic rings. The van der Waals surface area contributed by atoms with Crippen molar-refractivity contribution >= 4 is 0 Å². The number of aryl methyl sites for hydroxylation is 2. The van der Waals surface area contributed by atoms with E-state index in [1.165, 1.54) is 5.56 Å². The summed E-state index contributed by atoms with van der Waals surface area (Å²) in [6, 6.07) is 0.541. The lowest BCUT2D eigenvalue weighted by atomic mass is 9.88. The van der Waals surface area contributed by atoms with E-state index < -0.39 is 0 Å². The van der Waals surface area contributed by atoms with Crippen LogP contribution in [0, 0.1) is 19.8 Å². The molecule has 6 nitrogen and oxygen atoms in total. The molecule has 2 saturated heterocycles. The average Bonchev–Trinajstić information content (AvgIpc) is 3.11. The fourth-order valence-electron chi connectivity index (χ4n) is 4.14. The standard InChI is InChI=1S/C17H29N3O3/c1-12-14(13(2)23-18-12)10-20-6-5-17(22-4)15-9-19(7-8-21-3)11-16(15)20/h15-17H,5-11H2,1-4H3/t15-,16+,17+/m0/s1. The van der Waals surface area contributed by atoms with Crippen LogP contribution in [0.5, 0.6) is 0 Å². The zero-order valence-corrected chi connectivity index (χ0v) is 14.7. The molecular formula is C17H29N3O3. The van der Waals surface area contributed by atoms with E-state index in [-0.39, 0.29) is 0 Å². The maximum absolute atomic E-state index is 5.77. The normalized spacial score (nSPS) is 29.1. The zero-order chi connectivity index (χ0) is 16.4. The van der Waals surface area contributed by atoms with Gasteiger partial charge in [-0.2, -0.15) is 0 Å². The lowest BCUT2D eigenvalue weighted by Crippen LogP contribution is -2.50. The number of likely N-dealkylation sites (tertiary alicyclic amines) is 2. The zero-order valence-electron chi connectivity index (χ0n) is 14.7. The first-order chi connectivity index (χ1) is 11.1. The summed E-state index contributed by atoms with van der Waals surface area (Å²) >= 11 is 0. The predicted octanol–water partition coefficient (Wildman–Crippen LogP) is 1.46. The van der Waals surface area contributed by atoms with Gasteiger partial charge in [0, 0.05) is 64.5 Å². The van der Waals surface area contributed by atoms with Gasteiger partial charge in [0.15, 0.2) is 0 Å². The van der Waals surface area contributed by atoms with Crippen LogP contribution in [0.15, 0.2) is 4.52 Å². The van der Waals surface area contributed by atoms with E-state index in [2.05, 4.69) is 15.0 Å². The number of hydrogen-bond acceptors (Lipinski definition) is 6. The Kier molecular flexibility index (Phi) is 5.36. The molecule has 3 atom stereocenters. The van der Waals surface area contributed by atoms with Crippen molar-refractivity contribution in [2.24, 2.45) is 5.92 Å². The second kappa shape index (κ2) is 7.30. The number of methoxy groups -OCH3 is 2. The van der Waals surface area contributed by atoms with Crippen LogP contribution < -0.4 is 0 Å². The van der Waals surface area contributed by atoms with Crippen molar-refractivity contribution in [3.8, 4) is 0 Å². The Hall–Kier alpha value is -0.950. The summed E-state index contributed by atoms with van der Waals surface area (Å²) in [6.07, 6.45) is 1.47. The molecule has 0 amide bonds. The minimum Gasteiger partial charge on any atom is -0.383 e. The van der Waals surface area contributed by atoms with Crippen molar-refractivity contribution < 1.29 is 14.0 Å². The quantitative estimate of drug-likeness (QED) is 0.790. The Morgan fingerprint density at radius 1 is 1.26 bits per heavy atom. The van der Waals surface area contributed by atoms with Gasteiger partial charge in [0.25, 0.3) is 0 Å². The Bertz CT molecular complexity index is 500. The predicted molar refractivity (Wildman–Crippen MR) is 87.4 cm³/mol. The van der Waals surface area contributed by atoms with Crippen LogP contribution in [-0.2, 0) is 16.0 Å². The molecule has 3 rings (SSSR count). The SMILES string of the molecule is COCCN1C[C@H]2[C@@H](C1)N(Cc1c(C)noc1C)CC[C@H]2OC. The van der Waals surface area contributed by atoms with Gasteiger partial charge in [-0.05, 0) is 20.3 Å². The topological polar surface area (TPSA) is 51.0 Å². The summed E-state index contributed by atoms with van der Waals surface area (Å²) in [5.41, 5.74) is 2.26. The van der Waals surface area contributed by atoms with Gasteiger partial charge in [0.05, 0.1) is 18.4 Å². The molecule has 0 aliphatic carbocycles. The lowest BCUT2D eigenvalue weighted by molar-refractivity contribution is -0.0246. The van der Waals surface area contributed by atoms with Crippen molar-refractivity contribution in [3.63, 3.8) is 0 Å². The summed E-state index contributed by atoms with van der Waals surface area (Å²) in [7, 11) is 3.62. The van der Waals surface area contributed by atoms with Gasteiger partial charge in [-0.15, -0.1) is 0 Å². The Morgan fingerprint density at radius 2 is 2.09 bits per heavy atom. The summed E-state index contributed by atoms with van der Waals surface area (Å²) < 4.78 is 16.4. The van der Waals surface area contributed by atoms with Crippen LogP contribution in [-0.4, -0.2) is 74.1 Å². The molecule has 0 spiro atoms. The number of rotatable bonds is 6. The van der Waals surface area contributed by atoms with Crippen molar-refractivity contribution in [3.05, 3.63) is 17.0 Å². The van der Waals surface area contributed by atoms with Gasteiger partial charge in [-0.25, -0.2) is 0 Å². The number of ether oxygens (including phenoxy) is 2. The number of hydrogen-bond donors (Lipinski definition) is 0. The highest BCUT2D eigenvalue weighted by Crippen LogP contribution is 2.33. The Balaban J connectivity index is 1.72. The summed E-state index contributed by atoms with van der Waals surface area (Å²) in [6.45, 7) is 10.0. The number of piperidine rings is 1. The minimum absolute atomic E-state index is 0.369. The first-order valence-electron chi connectivity index (χ1n) is 8.54. The molecule has 0 saturated carbocycles. The van der Waals surface area contributed by atoms with Crippen LogP contribution in [0.25, 0.3) is 0 Å². The van der Waals surface area contributed by atoms with E-state index in [9.17, 15) is 0 Å². The van der Waals surface area contributed by atoms with Crippen molar-refractivity contribution in [2.45, 2.75) is 39.0 Å². The highest BCUT2D eigenvalue weighted by molar-refractivity contribution is 5.21. The van der Waals surface area contributed by atoms with Gasteiger partial charge in [-0.1, -0.05) is 5.16 Å². The van der Waals surface area contributed by atoms with Gasteiger partial charge in [0.2, 0.25) is 0 Å². The van der Waals surface area contributed by atoms with Crippen molar-refractivity contribution in [1.29, 1.82) is 0 Å². The molecule has 0 N–H and O–H groups in total. The first-order valence-corrected chi connectivity index (χ1v) is 8.54. The van der Waals surface area contributed by atoms with Crippen molar-refractivity contribution in [1.82, 2.24) is 15.0 Å². The van der Waals surface area contributed by atoms with Crippen LogP contribution in [0.4, 0.5) is 0 Å². The number of nitrogens with zero attached hydrogens (tertiary/aromatic N) is 3. The molecule has 2 fully saturated rings. The molecule has 130 valence electrons. The summed E-state index contributed by atoms with van der Waals surface area (Å²) in [4.78, 5) is 5.11. The molecule has 2 aliphatic heterocycles. The Labute approximate surface area is 138 Å². The number of aromatic nitrogens is 1. The Morgan fingerprint density at radius 3 is 2.74 bits per heavy atom. The van der Waals surface area contributed by atoms with Crippen LogP contribution in [0.1, 0.15) is 23.4 Å². The highest BCUT2D eigenvalue weighted by atomic mass is 16.5. The third-order valence-electron chi connectivity index (χ3n) is 5.51. The largest absolute Gasteiger partial charge is 0.383 e. The molecule has 0 bridgehead atoms. The second-order valence-electron chi connectivity index (χ2n) is 6.82. The van der Waals surface area contributed by atoms with E-state index in [4.69, 9.17) is 14.0 Å². The molecule has 23 heavy (non-hydrogen) atoms. The van der Waals surface area contributed by atoms with Gasteiger partial charge >= 0.3 is 0 Å². The monoisotopic (exact) mass is 323 g/mol. The molecule has 1 aromatic rings. The summed E-state index contributed by atoms with van der Waals surface area (Å²) in [5, 5.41) is 4.10. The highest BCUT2D eigenvalue weighted by Gasteiger charge is 2.44. The maximum atomic E-state index is 5.77. The molecule has 0 unspecified atom stereocenters. The third kappa shape index (κ3) is 3.45. The molecule has 6 heteroatoms. The van der Waals surface area contributed by atoms with Crippen LogP contribution in [0.3, 0.4) is 0 Å². The van der Waals surface area contributed by atoms with Crippen LogP contribution in [0.2, 0.25) is 0 Å². The molecule has 1 aromatic heterocycles. The second-order valence-corrected chi connectivity index (χ2v) is 6.82. The average molecular weight is 323 g/mol. The van der Waals surface area contributed by atoms with Gasteiger partial charge in [-0.3, -0.25) is 9.80 Å². The fourth-order valence-corrected chi connectivity index (χ4v) is 4.14. The third-order valence-corrected chi connectivity index (χ3v) is 5.51. The van der Waals surface area contributed by atoms with Crippen molar-refractivity contribution in [2.75, 3.05) is 47.0 Å². The maximum Gasteiger partial charge on any atom is 0.138 e. The summed E-state index contributed by atoms with van der Waals surface area (Å²) in [5.74, 6) is 1.52. The number of fused-ring (bicyclic) bond motifs is 1. The fraction of sp³-hybridized carbons (Fsp3) is 0.824. The molecular weight excluding hydrogens is 294 g/mol. The smallest absolute Gasteiger partial charge is 0.138 e. The van der Waals surface area contributed by atoms with E-state index in [0.717, 1.165) is 57.2 Å². The first kappa shape index (κ1) is 16.9.